The summed E-state index contributed by atoms with van der Waals surface area (Å²) in [6.07, 6.45) is -0.768. The topological polar surface area (TPSA) is 65.9 Å². The fourth-order valence-electron chi connectivity index (χ4n) is 6.80. The molecular formula is C46H36N8. The molecule has 0 fully saturated rings. The molecule has 8 heteroatoms. The van der Waals surface area contributed by atoms with Crippen molar-refractivity contribution in [3.63, 3.8) is 0 Å². The van der Waals surface area contributed by atoms with Crippen LogP contribution in [0, 0.1) is 0 Å². The zero-order valence-electron chi connectivity index (χ0n) is 29.4. The largest absolute Gasteiger partial charge is 0.234 e. The van der Waals surface area contributed by atoms with Crippen LogP contribution >= 0.6 is 0 Å². The summed E-state index contributed by atoms with van der Waals surface area (Å²) in [7, 11) is 0. The van der Waals surface area contributed by atoms with Crippen LogP contribution in [0.3, 0.4) is 0 Å². The molecule has 0 spiro atoms. The normalized spacial score (nSPS) is 16.9. The average molecular weight is 701 g/mol. The third-order valence-electron chi connectivity index (χ3n) is 9.42. The summed E-state index contributed by atoms with van der Waals surface area (Å²) in [5.41, 5.74) is 18.1. The van der Waals surface area contributed by atoms with E-state index in [4.69, 9.17) is 21.1 Å². The van der Waals surface area contributed by atoms with Crippen molar-refractivity contribution in [2.24, 2.45) is 10.2 Å². The lowest BCUT2D eigenvalue weighted by Gasteiger charge is -2.43. The zero-order valence-corrected chi connectivity index (χ0v) is 29.4. The van der Waals surface area contributed by atoms with Crippen LogP contribution in [0.1, 0.15) is 34.6 Å². The molecule has 0 bridgehead atoms. The van der Waals surface area contributed by atoms with Crippen molar-refractivity contribution in [1.29, 1.82) is 0 Å². The van der Waals surface area contributed by atoms with Crippen LogP contribution in [-0.4, -0.2) is 11.7 Å². The predicted molar refractivity (Wildman–Crippen MR) is 218 cm³/mol. The van der Waals surface area contributed by atoms with Gasteiger partial charge in [0.05, 0.1) is 22.7 Å². The Kier molecular flexibility index (Phi) is 8.89. The molecule has 2 aliphatic rings. The predicted octanol–water partition coefficient (Wildman–Crippen LogP) is 9.50. The van der Waals surface area contributed by atoms with Gasteiger partial charge in [0.1, 0.15) is 0 Å². The molecule has 0 aromatic heterocycles. The Hall–Kier alpha value is -7.32. The van der Waals surface area contributed by atoms with E-state index >= 15 is 0 Å². The summed E-state index contributed by atoms with van der Waals surface area (Å²) < 4.78 is 0. The molecule has 0 saturated heterocycles. The Morgan fingerprint density at radius 2 is 0.537 bits per heavy atom. The van der Waals surface area contributed by atoms with Crippen molar-refractivity contribution in [3.05, 3.63) is 229 Å². The van der Waals surface area contributed by atoms with Gasteiger partial charge in [-0.05, 0) is 59.7 Å². The van der Waals surface area contributed by atoms with Crippen molar-refractivity contribution in [2.75, 3.05) is 20.0 Å². The van der Waals surface area contributed by atoms with Crippen LogP contribution < -0.4 is 30.9 Å². The average Bonchev–Trinajstić information content (AvgIpc) is 3.27. The van der Waals surface area contributed by atoms with Gasteiger partial charge in [-0.1, -0.05) is 158 Å². The second-order valence-electron chi connectivity index (χ2n) is 12.9. The Balaban J connectivity index is 1.17. The Bertz CT molecular complexity index is 2170. The fraction of sp³-hybridized carbons (Fsp3) is 0.0435. The summed E-state index contributed by atoms with van der Waals surface area (Å²) in [4.78, 5) is 0. The minimum atomic E-state index is -0.384. The molecule has 2 atom stereocenters. The van der Waals surface area contributed by atoms with Gasteiger partial charge in [0, 0.05) is 11.1 Å². The Labute approximate surface area is 315 Å². The van der Waals surface area contributed by atoms with Gasteiger partial charge < -0.3 is 0 Å². The first kappa shape index (κ1) is 32.6. The molecule has 260 valence electrons. The van der Waals surface area contributed by atoms with Crippen LogP contribution in [0.5, 0.6) is 0 Å². The van der Waals surface area contributed by atoms with E-state index in [9.17, 15) is 0 Å². The summed E-state index contributed by atoms with van der Waals surface area (Å²) in [5.74, 6) is 1.26. The maximum atomic E-state index is 5.20. The lowest BCUT2D eigenvalue weighted by Crippen LogP contribution is -2.51. The summed E-state index contributed by atoms with van der Waals surface area (Å²) in [6.45, 7) is 0. The van der Waals surface area contributed by atoms with Gasteiger partial charge in [-0.25, -0.2) is 20.0 Å². The van der Waals surface area contributed by atoms with Crippen LogP contribution in [0.2, 0.25) is 0 Å². The summed E-state index contributed by atoms with van der Waals surface area (Å²) in [5, 5.41) is 18.7. The molecule has 7 aromatic carbocycles. The smallest absolute Gasteiger partial charge is 0.199 e. The van der Waals surface area contributed by atoms with E-state index < -0.39 is 0 Å². The second kappa shape index (κ2) is 14.7. The highest BCUT2D eigenvalue weighted by Crippen LogP contribution is 2.40. The van der Waals surface area contributed by atoms with Crippen molar-refractivity contribution in [1.82, 2.24) is 10.9 Å². The zero-order chi connectivity index (χ0) is 36.1. The number of hydrazone groups is 2. The minimum absolute atomic E-state index is 0.384. The van der Waals surface area contributed by atoms with Crippen molar-refractivity contribution in [3.8, 4) is 0 Å². The van der Waals surface area contributed by atoms with Crippen LogP contribution in [0.15, 0.2) is 216 Å². The highest BCUT2D eigenvalue weighted by molar-refractivity contribution is 6.01. The van der Waals surface area contributed by atoms with Gasteiger partial charge in [-0.3, -0.25) is 0 Å². The van der Waals surface area contributed by atoms with E-state index in [1.165, 1.54) is 0 Å². The van der Waals surface area contributed by atoms with Gasteiger partial charge >= 0.3 is 0 Å². The van der Waals surface area contributed by atoms with Crippen LogP contribution in [0.25, 0.3) is 0 Å². The first-order valence-electron chi connectivity index (χ1n) is 18.0. The van der Waals surface area contributed by atoms with Gasteiger partial charge in [-0.2, -0.15) is 0 Å². The molecule has 0 aliphatic carbocycles. The maximum Gasteiger partial charge on any atom is 0.199 e. The first-order chi connectivity index (χ1) is 26.8. The van der Waals surface area contributed by atoms with E-state index in [0.29, 0.717) is 11.7 Å². The number of rotatable bonds is 8. The summed E-state index contributed by atoms with van der Waals surface area (Å²) in [6, 6.07) is 70.1. The number of para-hydroxylation sites is 4. The molecule has 0 amide bonds. The third-order valence-corrected chi connectivity index (χ3v) is 9.42. The van der Waals surface area contributed by atoms with E-state index in [1.807, 2.05) is 133 Å². The molecule has 2 heterocycles. The van der Waals surface area contributed by atoms with Crippen molar-refractivity contribution >= 4 is 34.4 Å². The minimum Gasteiger partial charge on any atom is -0.234 e. The standard InChI is InChI=1S/C46H36N8/c1-7-19-35(20-8-1)43-47-51(39-23-11-3-12-24-39)45(52(48-43)40-25-13-4-14-26-40)37-31-33-38(34-32-37)46-53(41-27-15-5-16-28-41)49-44(36-21-9-2-10-22-36)50-54(46)42-29-17-6-18-30-42/h1-34,45-46H. The van der Waals surface area contributed by atoms with Crippen molar-refractivity contribution in [2.45, 2.75) is 12.3 Å². The number of hydrogen-bond donors (Lipinski definition) is 0. The molecule has 0 N–H and O–H groups in total. The first-order valence-corrected chi connectivity index (χ1v) is 18.0. The third kappa shape index (κ3) is 6.48. The number of benzene rings is 7. The molecule has 9 rings (SSSR count). The fourth-order valence-corrected chi connectivity index (χ4v) is 6.80. The van der Waals surface area contributed by atoms with Crippen LogP contribution in [0.4, 0.5) is 22.7 Å². The molecule has 54 heavy (non-hydrogen) atoms. The summed E-state index contributed by atoms with van der Waals surface area (Å²) >= 11 is 0. The molecule has 8 nitrogen and oxygen atoms in total. The molecule has 2 aliphatic heterocycles. The maximum absolute atomic E-state index is 5.20. The van der Waals surface area contributed by atoms with Gasteiger partial charge in [-0.15, -0.1) is 21.1 Å². The Morgan fingerprint density at radius 3 is 0.833 bits per heavy atom. The van der Waals surface area contributed by atoms with E-state index in [0.717, 1.165) is 45.0 Å². The van der Waals surface area contributed by atoms with E-state index in [-0.39, 0.29) is 12.3 Å². The number of nitrogens with zero attached hydrogens (tertiary/aromatic N) is 8. The van der Waals surface area contributed by atoms with E-state index in [2.05, 4.69) is 92.8 Å². The van der Waals surface area contributed by atoms with Gasteiger partial charge in [0.25, 0.3) is 0 Å². The quantitative estimate of drug-likeness (QED) is 0.158. The number of anilines is 4. The van der Waals surface area contributed by atoms with Crippen molar-refractivity contribution < 1.29 is 0 Å². The Morgan fingerprint density at radius 1 is 0.278 bits per heavy atom. The van der Waals surface area contributed by atoms with Gasteiger partial charge in [0.15, 0.2) is 24.0 Å². The molecular weight excluding hydrogens is 665 g/mol. The molecule has 2 radical (unpaired) electrons. The monoisotopic (exact) mass is 700 g/mol. The molecule has 0 saturated carbocycles. The van der Waals surface area contributed by atoms with E-state index in [1.54, 1.807) is 0 Å². The van der Waals surface area contributed by atoms with Gasteiger partial charge in [0.2, 0.25) is 0 Å². The number of hydrogen-bond acceptors (Lipinski definition) is 6. The highest BCUT2D eigenvalue weighted by atomic mass is 15.7. The lowest BCUT2D eigenvalue weighted by molar-refractivity contribution is 0.526. The second-order valence-corrected chi connectivity index (χ2v) is 12.9. The molecule has 7 aromatic rings. The lowest BCUT2D eigenvalue weighted by atomic mass is 10.0. The van der Waals surface area contributed by atoms with Crippen LogP contribution in [-0.2, 0) is 0 Å². The number of amidine groups is 2. The highest BCUT2D eigenvalue weighted by Gasteiger charge is 2.38. The molecule has 2 unspecified atom stereocenters. The SMILES string of the molecule is c1ccc(C2=NN(c3ccccc3)C(c3ccc(C4N(c5ccccc5)[N]C(c5ccccc5)=NN4c4ccccc4)cc3)N(c3ccccc3)[N]2)cc1.